The van der Waals surface area contributed by atoms with E-state index in [2.05, 4.69) is 17.2 Å². The van der Waals surface area contributed by atoms with Crippen molar-refractivity contribution in [3.8, 4) is 0 Å². The lowest BCUT2D eigenvalue weighted by Crippen LogP contribution is -2.39. The molecule has 1 aromatic rings. The molecular formula is C13H21N3O. The van der Waals surface area contributed by atoms with Crippen LogP contribution in [0.1, 0.15) is 19.0 Å². The average Bonchev–Trinajstić information content (AvgIpc) is 2.36. The monoisotopic (exact) mass is 235 g/mol. The number of nitrogens with one attached hydrogen (secondary N) is 1. The molecule has 1 rings (SSSR count). The Labute approximate surface area is 103 Å². The molecule has 1 heterocycles. The number of rotatable bonds is 7. The first-order valence-corrected chi connectivity index (χ1v) is 6.10. The molecule has 0 bridgehead atoms. The summed E-state index contributed by atoms with van der Waals surface area (Å²) >= 11 is 0. The van der Waals surface area contributed by atoms with Crippen molar-refractivity contribution < 1.29 is 4.79 Å². The lowest BCUT2D eigenvalue weighted by atomic mass is 10.2. The molecule has 0 saturated heterocycles. The third-order valence-corrected chi connectivity index (χ3v) is 2.54. The van der Waals surface area contributed by atoms with E-state index in [1.54, 1.807) is 13.2 Å². The highest BCUT2D eigenvalue weighted by molar-refractivity contribution is 5.78. The second-order valence-electron chi connectivity index (χ2n) is 3.98. The second kappa shape index (κ2) is 7.79. The van der Waals surface area contributed by atoms with Crippen LogP contribution in [0.25, 0.3) is 0 Å². The summed E-state index contributed by atoms with van der Waals surface area (Å²) in [5.41, 5.74) is 1.03. The van der Waals surface area contributed by atoms with Crippen molar-refractivity contribution in [3.63, 3.8) is 0 Å². The molecule has 0 aliphatic heterocycles. The number of aromatic nitrogens is 1. The number of hydrogen-bond donors (Lipinski definition) is 1. The summed E-state index contributed by atoms with van der Waals surface area (Å²) in [4.78, 5) is 18.0. The lowest BCUT2D eigenvalue weighted by molar-refractivity contribution is -0.130. The van der Waals surface area contributed by atoms with Crippen molar-refractivity contribution in [1.29, 1.82) is 0 Å². The van der Waals surface area contributed by atoms with Crippen LogP contribution in [0.2, 0.25) is 0 Å². The Hall–Kier alpha value is -1.42. The minimum absolute atomic E-state index is 0.158. The van der Waals surface area contributed by atoms with Crippen molar-refractivity contribution >= 4 is 5.91 Å². The summed E-state index contributed by atoms with van der Waals surface area (Å²) in [6, 6.07) is 5.87. The maximum Gasteiger partial charge on any atom is 0.236 e. The van der Waals surface area contributed by atoms with Crippen LogP contribution in [0.5, 0.6) is 0 Å². The summed E-state index contributed by atoms with van der Waals surface area (Å²) < 4.78 is 0. The summed E-state index contributed by atoms with van der Waals surface area (Å²) in [6.07, 6.45) is 3.59. The molecule has 0 saturated carbocycles. The summed E-state index contributed by atoms with van der Waals surface area (Å²) in [6.45, 7) is 4.04. The van der Waals surface area contributed by atoms with Gasteiger partial charge in [0.1, 0.15) is 0 Å². The Bertz CT molecular complexity index is 327. The summed E-state index contributed by atoms with van der Waals surface area (Å²) in [7, 11) is 1.79. The molecule has 4 heteroatoms. The quantitative estimate of drug-likeness (QED) is 0.769. The van der Waals surface area contributed by atoms with E-state index >= 15 is 0 Å². The summed E-state index contributed by atoms with van der Waals surface area (Å²) in [5.74, 6) is 0.158. The fourth-order valence-corrected chi connectivity index (χ4v) is 1.69. The van der Waals surface area contributed by atoms with E-state index in [1.807, 2.05) is 23.1 Å². The molecule has 0 spiro atoms. The Morgan fingerprint density at radius 1 is 1.41 bits per heavy atom. The van der Waals surface area contributed by atoms with Crippen LogP contribution in [0.4, 0.5) is 0 Å². The Morgan fingerprint density at radius 2 is 2.24 bits per heavy atom. The van der Waals surface area contributed by atoms with Gasteiger partial charge >= 0.3 is 0 Å². The normalized spacial score (nSPS) is 10.2. The van der Waals surface area contributed by atoms with Crippen molar-refractivity contribution in [2.45, 2.75) is 19.8 Å². The van der Waals surface area contributed by atoms with Crippen LogP contribution in [0, 0.1) is 0 Å². The van der Waals surface area contributed by atoms with Gasteiger partial charge < -0.3 is 10.2 Å². The molecule has 0 fully saturated rings. The van der Waals surface area contributed by atoms with Crippen LogP contribution in [0.15, 0.2) is 24.4 Å². The molecule has 0 unspecified atom stereocenters. The Balaban J connectivity index is 2.47. The highest BCUT2D eigenvalue weighted by atomic mass is 16.2. The lowest BCUT2D eigenvalue weighted by Gasteiger charge is -2.21. The predicted molar refractivity (Wildman–Crippen MR) is 68.7 cm³/mol. The minimum Gasteiger partial charge on any atom is -0.341 e. The number of nitrogens with zero attached hydrogens (tertiary/aromatic N) is 2. The number of hydrogen-bond acceptors (Lipinski definition) is 3. The first-order chi connectivity index (χ1) is 8.27. The van der Waals surface area contributed by atoms with Gasteiger partial charge in [0.25, 0.3) is 0 Å². The van der Waals surface area contributed by atoms with Crippen LogP contribution in [-0.4, -0.2) is 42.5 Å². The van der Waals surface area contributed by atoms with Gasteiger partial charge in [0.2, 0.25) is 5.91 Å². The van der Waals surface area contributed by atoms with Gasteiger partial charge in [-0.25, -0.2) is 0 Å². The molecule has 0 aliphatic rings. The minimum atomic E-state index is 0.158. The van der Waals surface area contributed by atoms with E-state index in [0.29, 0.717) is 6.54 Å². The zero-order valence-corrected chi connectivity index (χ0v) is 10.6. The molecule has 0 radical (unpaired) electrons. The largest absolute Gasteiger partial charge is 0.341 e. The van der Waals surface area contributed by atoms with Crippen LogP contribution in [-0.2, 0) is 11.2 Å². The van der Waals surface area contributed by atoms with E-state index in [1.165, 1.54) is 0 Å². The van der Waals surface area contributed by atoms with Crippen molar-refractivity contribution in [3.05, 3.63) is 30.1 Å². The van der Waals surface area contributed by atoms with Crippen molar-refractivity contribution in [2.24, 2.45) is 0 Å². The number of likely N-dealkylation sites (N-methyl/N-ethyl adjacent to an activating group) is 1. The maximum absolute atomic E-state index is 11.8. The molecule has 0 aliphatic carbocycles. The van der Waals surface area contributed by atoms with E-state index in [4.69, 9.17) is 0 Å². The van der Waals surface area contributed by atoms with Crippen LogP contribution in [0.3, 0.4) is 0 Å². The van der Waals surface area contributed by atoms with Gasteiger partial charge in [-0.3, -0.25) is 9.78 Å². The molecule has 1 N–H and O–H groups in total. The van der Waals surface area contributed by atoms with Crippen LogP contribution >= 0.6 is 0 Å². The topological polar surface area (TPSA) is 45.2 Å². The van der Waals surface area contributed by atoms with Gasteiger partial charge in [0.05, 0.1) is 6.54 Å². The number of carbonyl (C=O) groups is 1. The molecule has 1 aromatic heterocycles. The average molecular weight is 235 g/mol. The van der Waals surface area contributed by atoms with E-state index in [-0.39, 0.29) is 5.91 Å². The van der Waals surface area contributed by atoms with Gasteiger partial charge in [-0.1, -0.05) is 13.0 Å². The Kier molecular flexibility index (Phi) is 6.25. The van der Waals surface area contributed by atoms with Crippen molar-refractivity contribution in [1.82, 2.24) is 15.2 Å². The number of amides is 1. The van der Waals surface area contributed by atoms with Gasteiger partial charge in [-0.05, 0) is 25.6 Å². The second-order valence-corrected chi connectivity index (χ2v) is 3.98. The number of carbonyl (C=O) groups excluding carboxylic acids is 1. The molecular weight excluding hydrogens is 214 g/mol. The zero-order chi connectivity index (χ0) is 12.5. The smallest absolute Gasteiger partial charge is 0.236 e. The number of pyridine rings is 1. The standard InChI is InChI=1S/C13H21N3O/c1-3-9-16(13(17)11-14-2)10-7-12-6-4-5-8-15-12/h4-6,8,14H,3,7,9-11H2,1-2H3. The van der Waals surface area contributed by atoms with E-state index in [0.717, 1.165) is 31.6 Å². The maximum atomic E-state index is 11.8. The molecule has 1 amide bonds. The van der Waals surface area contributed by atoms with E-state index < -0.39 is 0 Å². The van der Waals surface area contributed by atoms with Gasteiger partial charge in [-0.15, -0.1) is 0 Å². The molecule has 0 aromatic carbocycles. The Morgan fingerprint density at radius 3 is 2.82 bits per heavy atom. The van der Waals surface area contributed by atoms with Crippen molar-refractivity contribution in [2.75, 3.05) is 26.7 Å². The predicted octanol–water partition coefficient (Wildman–Crippen LogP) is 1.08. The fraction of sp³-hybridized carbons (Fsp3) is 0.538. The first-order valence-electron chi connectivity index (χ1n) is 6.10. The highest BCUT2D eigenvalue weighted by Crippen LogP contribution is 1.99. The molecule has 17 heavy (non-hydrogen) atoms. The third kappa shape index (κ3) is 4.95. The highest BCUT2D eigenvalue weighted by Gasteiger charge is 2.11. The summed E-state index contributed by atoms with van der Waals surface area (Å²) in [5, 5.41) is 2.90. The SMILES string of the molecule is CCCN(CCc1ccccn1)C(=O)CNC. The first kappa shape index (κ1) is 13.6. The van der Waals surface area contributed by atoms with Gasteiger partial charge in [-0.2, -0.15) is 0 Å². The third-order valence-electron chi connectivity index (χ3n) is 2.54. The molecule has 4 nitrogen and oxygen atoms in total. The molecule has 0 atom stereocenters. The van der Waals surface area contributed by atoms with Gasteiger partial charge in [0, 0.05) is 31.4 Å². The van der Waals surface area contributed by atoms with E-state index in [9.17, 15) is 4.79 Å². The van der Waals surface area contributed by atoms with Crippen LogP contribution < -0.4 is 5.32 Å². The fourth-order valence-electron chi connectivity index (χ4n) is 1.69. The zero-order valence-electron chi connectivity index (χ0n) is 10.6. The van der Waals surface area contributed by atoms with Gasteiger partial charge in [0.15, 0.2) is 0 Å². The molecule has 94 valence electrons.